The number of carbonyl (C=O) groups is 1. The molecule has 6 nitrogen and oxygen atoms in total. The van der Waals surface area contributed by atoms with Crippen LogP contribution < -0.4 is 16.6 Å². The first-order valence-electron chi connectivity index (χ1n) is 5.52. The number of nitrogens with one attached hydrogen (secondary N) is 2. The molecule has 1 aromatic rings. The van der Waals surface area contributed by atoms with Gasteiger partial charge in [-0.05, 0) is 26.1 Å². The maximum Gasteiger partial charge on any atom is 0.234 e. The lowest BCUT2D eigenvalue weighted by atomic mass is 10.3. The summed E-state index contributed by atoms with van der Waals surface area (Å²) in [7, 11) is 1.87. The van der Waals surface area contributed by atoms with Crippen molar-refractivity contribution in [3.63, 3.8) is 0 Å². The van der Waals surface area contributed by atoms with Crippen molar-refractivity contribution in [2.75, 3.05) is 25.6 Å². The van der Waals surface area contributed by atoms with Crippen molar-refractivity contribution < 1.29 is 4.79 Å². The van der Waals surface area contributed by atoms with Gasteiger partial charge in [0.25, 0.3) is 0 Å². The quantitative estimate of drug-likeness (QED) is 0.477. The molecule has 17 heavy (non-hydrogen) atoms. The van der Waals surface area contributed by atoms with Gasteiger partial charge in [0.15, 0.2) is 0 Å². The van der Waals surface area contributed by atoms with Gasteiger partial charge in [-0.3, -0.25) is 20.5 Å². The van der Waals surface area contributed by atoms with Crippen LogP contribution in [0.5, 0.6) is 0 Å². The Balaban J connectivity index is 2.49. The summed E-state index contributed by atoms with van der Waals surface area (Å²) in [5.41, 5.74) is 4.24. The van der Waals surface area contributed by atoms with Gasteiger partial charge >= 0.3 is 0 Å². The molecule has 4 N–H and O–H groups in total. The number of hydrazine groups is 1. The van der Waals surface area contributed by atoms with E-state index in [2.05, 4.69) is 15.7 Å². The lowest BCUT2D eigenvalue weighted by molar-refractivity contribution is -0.121. The second-order valence-corrected chi connectivity index (χ2v) is 3.81. The number of amides is 1. The number of rotatable bonds is 6. The van der Waals surface area contributed by atoms with Gasteiger partial charge in [-0.1, -0.05) is 0 Å². The van der Waals surface area contributed by atoms with Gasteiger partial charge in [0.1, 0.15) is 0 Å². The maximum atomic E-state index is 11.4. The average Bonchev–Trinajstić information content (AvgIpc) is 2.29. The Morgan fingerprint density at radius 3 is 3.00 bits per heavy atom. The van der Waals surface area contributed by atoms with Crippen LogP contribution in [0.25, 0.3) is 0 Å². The molecule has 0 aliphatic carbocycles. The minimum absolute atomic E-state index is 0.0168. The van der Waals surface area contributed by atoms with E-state index in [-0.39, 0.29) is 5.91 Å². The van der Waals surface area contributed by atoms with E-state index < -0.39 is 0 Å². The molecule has 0 aliphatic heterocycles. The van der Waals surface area contributed by atoms with E-state index in [4.69, 9.17) is 5.84 Å². The summed E-state index contributed by atoms with van der Waals surface area (Å²) in [6, 6.07) is 3.64. The van der Waals surface area contributed by atoms with Crippen LogP contribution in [0.2, 0.25) is 0 Å². The van der Waals surface area contributed by atoms with Crippen molar-refractivity contribution in [3.8, 4) is 0 Å². The van der Waals surface area contributed by atoms with Crippen molar-refractivity contribution in [3.05, 3.63) is 24.0 Å². The smallest absolute Gasteiger partial charge is 0.234 e. The van der Waals surface area contributed by atoms with Crippen LogP contribution in [0.3, 0.4) is 0 Å². The van der Waals surface area contributed by atoms with Crippen molar-refractivity contribution in [1.29, 1.82) is 0 Å². The summed E-state index contributed by atoms with van der Waals surface area (Å²) in [4.78, 5) is 17.5. The zero-order valence-corrected chi connectivity index (χ0v) is 10.2. The topological polar surface area (TPSA) is 83.3 Å². The predicted molar refractivity (Wildman–Crippen MR) is 67.1 cm³/mol. The molecule has 1 heterocycles. The highest BCUT2D eigenvalue weighted by atomic mass is 16.1. The van der Waals surface area contributed by atoms with Gasteiger partial charge in [-0.15, -0.1) is 0 Å². The fourth-order valence-corrected chi connectivity index (χ4v) is 1.49. The Kier molecular flexibility index (Phi) is 5.38. The van der Waals surface area contributed by atoms with E-state index in [9.17, 15) is 4.79 Å². The Hall–Kier alpha value is -1.66. The second-order valence-electron chi connectivity index (χ2n) is 3.81. The SMILES string of the molecule is CCNC(=O)CN(C)Cc1cc(NN)ccn1. The lowest BCUT2D eigenvalue weighted by Crippen LogP contribution is -2.34. The van der Waals surface area contributed by atoms with Gasteiger partial charge in [0, 0.05) is 19.3 Å². The van der Waals surface area contributed by atoms with Crippen molar-refractivity contribution in [2.24, 2.45) is 5.84 Å². The van der Waals surface area contributed by atoms with Gasteiger partial charge in [0.05, 0.1) is 17.9 Å². The number of nitrogens with two attached hydrogens (primary N) is 1. The zero-order chi connectivity index (χ0) is 12.7. The molecule has 1 aromatic heterocycles. The van der Waals surface area contributed by atoms with Crippen molar-refractivity contribution in [1.82, 2.24) is 15.2 Å². The van der Waals surface area contributed by atoms with Crippen molar-refractivity contribution >= 4 is 11.6 Å². The Morgan fingerprint density at radius 1 is 1.59 bits per heavy atom. The summed E-state index contributed by atoms with van der Waals surface area (Å²) in [5, 5.41) is 2.75. The van der Waals surface area contributed by atoms with Crippen LogP contribution in [0, 0.1) is 0 Å². The molecule has 0 aromatic carbocycles. The molecule has 0 spiro atoms. The van der Waals surface area contributed by atoms with Crippen LogP contribution in [0.4, 0.5) is 5.69 Å². The molecule has 0 fully saturated rings. The molecule has 0 aliphatic rings. The third kappa shape index (κ3) is 4.80. The standard InChI is InChI=1S/C11H19N5O/c1-3-13-11(17)8-16(2)7-10-6-9(15-12)4-5-14-10/h4-6H,3,7-8,12H2,1-2H3,(H,13,17)(H,14,15). The Bertz CT molecular complexity index is 369. The van der Waals surface area contributed by atoms with E-state index in [0.717, 1.165) is 11.4 Å². The highest BCUT2D eigenvalue weighted by Gasteiger charge is 2.06. The number of nitrogens with zero attached hydrogens (tertiary/aromatic N) is 2. The molecule has 0 bridgehead atoms. The van der Waals surface area contributed by atoms with Gasteiger partial charge in [0.2, 0.25) is 5.91 Å². The van der Waals surface area contributed by atoms with E-state index in [1.807, 2.05) is 24.9 Å². The van der Waals surface area contributed by atoms with E-state index >= 15 is 0 Å². The largest absolute Gasteiger partial charge is 0.355 e. The average molecular weight is 237 g/mol. The number of aromatic nitrogens is 1. The molecule has 0 saturated heterocycles. The lowest BCUT2D eigenvalue weighted by Gasteiger charge is -2.15. The van der Waals surface area contributed by atoms with Crippen LogP contribution in [-0.4, -0.2) is 35.9 Å². The highest BCUT2D eigenvalue weighted by Crippen LogP contribution is 2.07. The maximum absolute atomic E-state index is 11.4. The minimum Gasteiger partial charge on any atom is -0.355 e. The summed E-state index contributed by atoms with van der Waals surface area (Å²) in [6.45, 7) is 3.51. The Morgan fingerprint density at radius 2 is 2.35 bits per heavy atom. The summed E-state index contributed by atoms with van der Waals surface area (Å²) < 4.78 is 0. The van der Waals surface area contributed by atoms with Gasteiger partial charge in [-0.2, -0.15) is 0 Å². The summed E-state index contributed by atoms with van der Waals surface area (Å²) in [5.74, 6) is 5.33. The molecule has 0 unspecified atom stereocenters. The first-order chi connectivity index (χ1) is 8.15. The van der Waals surface area contributed by atoms with Crippen LogP contribution >= 0.6 is 0 Å². The van der Waals surface area contributed by atoms with Gasteiger partial charge < -0.3 is 10.7 Å². The fraction of sp³-hybridized carbons (Fsp3) is 0.455. The minimum atomic E-state index is 0.0168. The molecule has 0 atom stereocenters. The number of anilines is 1. The second kappa shape index (κ2) is 6.82. The molecule has 1 rings (SSSR count). The van der Waals surface area contributed by atoms with Crippen LogP contribution in [-0.2, 0) is 11.3 Å². The highest BCUT2D eigenvalue weighted by molar-refractivity contribution is 5.77. The third-order valence-corrected chi connectivity index (χ3v) is 2.20. The molecule has 0 radical (unpaired) electrons. The Labute approximate surface area is 101 Å². The number of hydrogen-bond acceptors (Lipinski definition) is 5. The third-order valence-electron chi connectivity index (χ3n) is 2.20. The van der Waals surface area contributed by atoms with E-state index in [1.165, 1.54) is 0 Å². The van der Waals surface area contributed by atoms with E-state index in [0.29, 0.717) is 19.6 Å². The number of hydrogen-bond donors (Lipinski definition) is 3. The summed E-state index contributed by atoms with van der Waals surface area (Å²) in [6.07, 6.45) is 1.69. The molecular weight excluding hydrogens is 218 g/mol. The molecule has 6 heteroatoms. The number of carbonyl (C=O) groups excluding carboxylic acids is 1. The first kappa shape index (κ1) is 13.4. The predicted octanol–water partition coefficient (Wildman–Crippen LogP) is -0.0649. The number of likely N-dealkylation sites (N-methyl/N-ethyl adjacent to an activating group) is 2. The van der Waals surface area contributed by atoms with Crippen LogP contribution in [0.1, 0.15) is 12.6 Å². The molecule has 94 valence electrons. The van der Waals surface area contributed by atoms with Crippen LogP contribution in [0.15, 0.2) is 18.3 Å². The van der Waals surface area contributed by atoms with Crippen molar-refractivity contribution in [2.45, 2.75) is 13.5 Å². The zero-order valence-electron chi connectivity index (χ0n) is 10.2. The first-order valence-corrected chi connectivity index (χ1v) is 5.52. The number of pyridine rings is 1. The molecule has 1 amide bonds. The fourth-order valence-electron chi connectivity index (χ4n) is 1.49. The summed E-state index contributed by atoms with van der Waals surface area (Å²) >= 11 is 0. The molecular formula is C11H19N5O. The molecule has 0 saturated carbocycles. The van der Waals surface area contributed by atoms with Gasteiger partial charge in [-0.25, -0.2) is 0 Å². The monoisotopic (exact) mass is 237 g/mol. The number of nitrogen functional groups attached to an aromatic ring is 1. The normalized spacial score (nSPS) is 10.4. The van der Waals surface area contributed by atoms with E-state index in [1.54, 1.807) is 12.3 Å².